The Morgan fingerprint density at radius 1 is 1.00 bits per heavy atom. The highest BCUT2D eigenvalue weighted by Crippen LogP contribution is 2.19. The molecule has 2 aromatic carbocycles. The number of hydrogen-bond acceptors (Lipinski definition) is 4. The van der Waals surface area contributed by atoms with Crippen LogP contribution < -0.4 is 15.5 Å². The van der Waals surface area contributed by atoms with Crippen LogP contribution in [0.25, 0.3) is 5.69 Å². The topological polar surface area (TPSA) is 60.4 Å². The SMILES string of the molecule is O=c1n(C[NH+]2CCN(c3cccc(Cl)c3)CC2)nnn1-c1ccccc1Cl. The van der Waals surface area contributed by atoms with Gasteiger partial charge in [-0.3, -0.25) is 0 Å². The van der Waals surface area contributed by atoms with Gasteiger partial charge in [-0.05, 0) is 40.8 Å². The number of aromatic nitrogens is 4. The molecule has 0 spiro atoms. The molecule has 3 aromatic rings. The number of nitrogens with one attached hydrogen (secondary N) is 1. The van der Waals surface area contributed by atoms with Crippen LogP contribution >= 0.6 is 23.2 Å². The molecule has 1 aromatic heterocycles. The molecule has 4 rings (SSSR count). The summed E-state index contributed by atoms with van der Waals surface area (Å²) in [5, 5.41) is 9.21. The van der Waals surface area contributed by atoms with Crippen LogP contribution in [0, 0.1) is 0 Å². The third-order valence-corrected chi connectivity index (χ3v) is 5.29. The fraction of sp³-hybridized carbons (Fsp3) is 0.278. The van der Waals surface area contributed by atoms with Crippen molar-refractivity contribution < 1.29 is 4.90 Å². The highest BCUT2D eigenvalue weighted by atomic mass is 35.5. The molecule has 1 saturated heterocycles. The highest BCUT2D eigenvalue weighted by molar-refractivity contribution is 6.32. The molecule has 7 nitrogen and oxygen atoms in total. The zero-order chi connectivity index (χ0) is 18.8. The zero-order valence-electron chi connectivity index (χ0n) is 14.6. The van der Waals surface area contributed by atoms with Crippen molar-refractivity contribution in [3.05, 3.63) is 69.1 Å². The average molecular weight is 406 g/mol. The van der Waals surface area contributed by atoms with E-state index < -0.39 is 0 Å². The first-order valence-corrected chi connectivity index (χ1v) is 9.49. The lowest BCUT2D eigenvalue weighted by Crippen LogP contribution is -3.14. The molecule has 0 radical (unpaired) electrons. The van der Waals surface area contributed by atoms with Gasteiger partial charge in [0.15, 0.2) is 6.67 Å². The number of rotatable bonds is 4. The van der Waals surface area contributed by atoms with Crippen LogP contribution in [0.5, 0.6) is 0 Å². The Balaban J connectivity index is 1.43. The third-order valence-electron chi connectivity index (χ3n) is 4.74. The Labute approximate surface area is 166 Å². The van der Waals surface area contributed by atoms with E-state index in [0.29, 0.717) is 17.4 Å². The molecule has 1 aliphatic heterocycles. The maximum absolute atomic E-state index is 12.6. The molecule has 9 heteroatoms. The normalized spacial score (nSPS) is 15.3. The van der Waals surface area contributed by atoms with Gasteiger partial charge >= 0.3 is 5.69 Å². The summed E-state index contributed by atoms with van der Waals surface area (Å²) in [6, 6.07) is 15.0. The Hall–Kier alpha value is -2.35. The Bertz CT molecular complexity index is 993. The summed E-state index contributed by atoms with van der Waals surface area (Å²) in [5.41, 5.74) is 1.38. The number of anilines is 1. The van der Waals surface area contributed by atoms with Crippen LogP contribution in [-0.4, -0.2) is 46.0 Å². The van der Waals surface area contributed by atoms with Crippen molar-refractivity contribution in [1.29, 1.82) is 0 Å². The molecular weight excluding hydrogens is 387 g/mol. The molecule has 0 bridgehead atoms. The van der Waals surface area contributed by atoms with Gasteiger partial charge < -0.3 is 9.80 Å². The number of para-hydroxylation sites is 1. The smallest absolute Gasteiger partial charge is 0.360 e. The van der Waals surface area contributed by atoms with Gasteiger partial charge in [0, 0.05) is 10.7 Å². The number of benzene rings is 2. The molecule has 27 heavy (non-hydrogen) atoms. The number of tetrazole rings is 1. The Morgan fingerprint density at radius 2 is 1.78 bits per heavy atom. The molecule has 1 fully saturated rings. The predicted octanol–water partition coefficient (Wildman–Crippen LogP) is 1.10. The summed E-state index contributed by atoms with van der Waals surface area (Å²) in [6.45, 7) is 4.06. The first kappa shape index (κ1) is 18.0. The molecule has 0 saturated carbocycles. The van der Waals surface area contributed by atoms with Crippen molar-refractivity contribution in [2.45, 2.75) is 6.67 Å². The molecule has 140 valence electrons. The lowest BCUT2D eigenvalue weighted by atomic mass is 10.2. The van der Waals surface area contributed by atoms with Crippen LogP contribution in [0.4, 0.5) is 5.69 Å². The Kier molecular flexibility index (Phi) is 5.15. The number of halogens is 2. The van der Waals surface area contributed by atoms with E-state index in [1.54, 1.807) is 12.1 Å². The van der Waals surface area contributed by atoms with E-state index in [-0.39, 0.29) is 5.69 Å². The molecule has 1 aliphatic rings. The van der Waals surface area contributed by atoms with Crippen LogP contribution in [-0.2, 0) is 6.67 Å². The molecule has 0 aliphatic carbocycles. The summed E-state index contributed by atoms with van der Waals surface area (Å²) in [4.78, 5) is 16.2. The van der Waals surface area contributed by atoms with Crippen LogP contribution in [0.2, 0.25) is 10.0 Å². The molecule has 0 amide bonds. The van der Waals surface area contributed by atoms with E-state index in [0.717, 1.165) is 36.9 Å². The minimum Gasteiger partial charge on any atom is -0.360 e. The van der Waals surface area contributed by atoms with Crippen LogP contribution in [0.3, 0.4) is 0 Å². The van der Waals surface area contributed by atoms with Crippen LogP contribution in [0.1, 0.15) is 0 Å². The van der Waals surface area contributed by atoms with Crippen LogP contribution in [0.15, 0.2) is 53.3 Å². The van der Waals surface area contributed by atoms with Gasteiger partial charge in [-0.2, -0.15) is 4.68 Å². The molecule has 0 atom stereocenters. The van der Waals surface area contributed by atoms with Gasteiger partial charge in [-0.1, -0.05) is 41.4 Å². The largest absolute Gasteiger partial charge is 0.373 e. The summed E-state index contributed by atoms with van der Waals surface area (Å²) in [6.07, 6.45) is 0. The van der Waals surface area contributed by atoms with Gasteiger partial charge in [-0.15, -0.1) is 4.68 Å². The van der Waals surface area contributed by atoms with Crippen molar-refractivity contribution in [3.63, 3.8) is 0 Å². The highest BCUT2D eigenvalue weighted by Gasteiger charge is 2.22. The second-order valence-corrected chi connectivity index (χ2v) is 7.34. The quantitative estimate of drug-likeness (QED) is 0.705. The van der Waals surface area contributed by atoms with Crippen molar-refractivity contribution in [1.82, 2.24) is 19.8 Å². The van der Waals surface area contributed by atoms with E-state index in [4.69, 9.17) is 23.2 Å². The lowest BCUT2D eigenvalue weighted by Gasteiger charge is -2.33. The van der Waals surface area contributed by atoms with Gasteiger partial charge in [0.1, 0.15) is 0 Å². The fourth-order valence-corrected chi connectivity index (χ4v) is 3.67. The second-order valence-electron chi connectivity index (χ2n) is 6.50. The van der Waals surface area contributed by atoms with Crippen molar-refractivity contribution >= 4 is 28.9 Å². The molecule has 1 N–H and O–H groups in total. The maximum Gasteiger partial charge on any atom is 0.373 e. The molecule has 2 heterocycles. The molecular formula is C18H19Cl2N6O+. The first-order valence-electron chi connectivity index (χ1n) is 8.73. The second kappa shape index (κ2) is 7.72. The average Bonchev–Trinajstić information content (AvgIpc) is 3.03. The number of nitrogens with zero attached hydrogens (tertiary/aromatic N) is 5. The zero-order valence-corrected chi connectivity index (χ0v) is 16.1. The standard InChI is InChI=1S/C18H18Cl2N6O/c19-14-4-3-5-15(12-14)24-10-8-23(9-11-24)13-25-18(27)26(22-21-25)17-7-2-1-6-16(17)20/h1-7,12H,8-11,13H2/p+1. The number of hydrogen-bond donors (Lipinski definition) is 1. The summed E-state index contributed by atoms with van der Waals surface area (Å²) < 4.78 is 2.64. The van der Waals surface area contributed by atoms with Crippen molar-refractivity contribution in [2.24, 2.45) is 0 Å². The van der Waals surface area contributed by atoms with E-state index in [1.165, 1.54) is 14.3 Å². The fourth-order valence-electron chi connectivity index (χ4n) is 3.27. The van der Waals surface area contributed by atoms with Gasteiger partial charge in [-0.25, -0.2) is 4.79 Å². The predicted molar refractivity (Wildman–Crippen MR) is 105 cm³/mol. The van der Waals surface area contributed by atoms with Gasteiger partial charge in [0.2, 0.25) is 0 Å². The van der Waals surface area contributed by atoms with Crippen molar-refractivity contribution in [2.75, 3.05) is 31.1 Å². The number of piperazine rings is 1. The first-order chi connectivity index (χ1) is 13.1. The third kappa shape index (κ3) is 3.85. The summed E-state index contributed by atoms with van der Waals surface area (Å²) >= 11 is 12.2. The van der Waals surface area contributed by atoms with E-state index in [9.17, 15) is 4.79 Å². The summed E-state index contributed by atoms with van der Waals surface area (Å²) in [7, 11) is 0. The van der Waals surface area contributed by atoms with E-state index in [1.807, 2.05) is 30.3 Å². The van der Waals surface area contributed by atoms with Crippen molar-refractivity contribution in [3.8, 4) is 5.69 Å². The number of quaternary nitrogens is 1. The van der Waals surface area contributed by atoms with Gasteiger partial charge in [0.25, 0.3) is 0 Å². The van der Waals surface area contributed by atoms with Gasteiger partial charge in [0.05, 0.1) is 36.9 Å². The summed E-state index contributed by atoms with van der Waals surface area (Å²) in [5.74, 6) is 0. The minimum absolute atomic E-state index is 0.284. The molecule has 0 unspecified atom stereocenters. The minimum atomic E-state index is -0.284. The Morgan fingerprint density at radius 3 is 2.52 bits per heavy atom. The van der Waals surface area contributed by atoms with E-state index in [2.05, 4.69) is 21.4 Å². The lowest BCUT2D eigenvalue weighted by molar-refractivity contribution is -0.924. The van der Waals surface area contributed by atoms with E-state index >= 15 is 0 Å². The maximum atomic E-state index is 12.6. The monoisotopic (exact) mass is 405 g/mol.